The van der Waals surface area contributed by atoms with Crippen LogP contribution < -0.4 is 10.6 Å². The lowest BCUT2D eigenvalue weighted by Gasteiger charge is -2.14. The fourth-order valence-corrected chi connectivity index (χ4v) is 2.54. The smallest absolute Gasteiger partial charge is 0.191 e. The molecule has 1 aliphatic rings. The second-order valence-electron chi connectivity index (χ2n) is 5.65. The minimum absolute atomic E-state index is 0.660. The number of hydrogen-bond donors (Lipinski definition) is 2. The number of hydrogen-bond acceptors (Lipinski definition) is 4. The molecule has 2 N–H and O–H groups in total. The van der Waals surface area contributed by atoms with Crippen molar-refractivity contribution in [2.45, 2.75) is 26.7 Å². The van der Waals surface area contributed by atoms with Gasteiger partial charge in [0.15, 0.2) is 5.96 Å². The summed E-state index contributed by atoms with van der Waals surface area (Å²) in [7, 11) is 1.69. The summed E-state index contributed by atoms with van der Waals surface area (Å²) in [6, 6.07) is 0. The number of methoxy groups -OCH3 is 1. The Morgan fingerprint density at radius 1 is 1.23 bits per heavy atom. The van der Waals surface area contributed by atoms with Gasteiger partial charge in [-0.25, -0.2) is 0 Å². The van der Waals surface area contributed by atoms with E-state index in [1.54, 1.807) is 7.11 Å². The van der Waals surface area contributed by atoms with Gasteiger partial charge in [-0.15, -0.1) is 0 Å². The van der Waals surface area contributed by atoms with Gasteiger partial charge in [0, 0.05) is 39.9 Å². The summed E-state index contributed by atoms with van der Waals surface area (Å²) >= 11 is 0. The van der Waals surface area contributed by atoms with Crippen LogP contribution in [0.4, 0.5) is 0 Å². The van der Waals surface area contributed by atoms with Crippen LogP contribution in [-0.2, 0) is 9.47 Å². The third kappa shape index (κ3) is 8.56. The first-order chi connectivity index (χ1) is 10.8. The van der Waals surface area contributed by atoms with Crippen LogP contribution in [-0.4, -0.2) is 77.1 Å². The molecule has 6 heteroatoms. The van der Waals surface area contributed by atoms with Crippen molar-refractivity contribution in [3.8, 4) is 0 Å². The number of nitrogens with zero attached hydrogens (tertiary/aromatic N) is 2. The topological polar surface area (TPSA) is 58.1 Å². The fourth-order valence-electron chi connectivity index (χ4n) is 2.54. The first kappa shape index (κ1) is 19.2. The molecule has 0 amide bonds. The van der Waals surface area contributed by atoms with Crippen molar-refractivity contribution < 1.29 is 9.47 Å². The van der Waals surface area contributed by atoms with Crippen molar-refractivity contribution in [2.75, 3.05) is 66.2 Å². The Bertz CT molecular complexity index is 300. The van der Waals surface area contributed by atoms with Gasteiger partial charge in [-0.2, -0.15) is 0 Å². The maximum Gasteiger partial charge on any atom is 0.191 e. The lowest BCUT2D eigenvalue weighted by molar-refractivity contribution is 0.0698. The van der Waals surface area contributed by atoms with Crippen molar-refractivity contribution in [1.29, 1.82) is 0 Å². The van der Waals surface area contributed by atoms with Crippen LogP contribution in [0.15, 0.2) is 4.99 Å². The van der Waals surface area contributed by atoms with Gasteiger partial charge in [0.05, 0.1) is 13.2 Å². The zero-order chi connectivity index (χ0) is 16.0. The van der Waals surface area contributed by atoms with Crippen molar-refractivity contribution in [1.82, 2.24) is 15.5 Å². The number of rotatable bonds is 11. The van der Waals surface area contributed by atoms with Gasteiger partial charge in [0.2, 0.25) is 0 Å². The molecule has 1 atom stereocenters. The number of aliphatic imine (C=N–C) groups is 1. The van der Waals surface area contributed by atoms with E-state index in [-0.39, 0.29) is 0 Å². The van der Waals surface area contributed by atoms with Crippen molar-refractivity contribution in [3.05, 3.63) is 0 Å². The van der Waals surface area contributed by atoms with E-state index in [0.29, 0.717) is 19.1 Å². The third-order valence-corrected chi connectivity index (χ3v) is 3.86. The van der Waals surface area contributed by atoms with Crippen LogP contribution in [0.2, 0.25) is 0 Å². The Labute approximate surface area is 135 Å². The summed E-state index contributed by atoms with van der Waals surface area (Å²) in [5.41, 5.74) is 0. The van der Waals surface area contributed by atoms with Gasteiger partial charge in [-0.3, -0.25) is 4.99 Å². The summed E-state index contributed by atoms with van der Waals surface area (Å²) in [4.78, 5) is 7.22. The average molecular weight is 314 g/mol. The van der Waals surface area contributed by atoms with E-state index >= 15 is 0 Å². The fraction of sp³-hybridized carbons (Fsp3) is 0.938. The minimum Gasteiger partial charge on any atom is -0.382 e. The van der Waals surface area contributed by atoms with E-state index in [1.807, 2.05) is 0 Å². The van der Waals surface area contributed by atoms with Gasteiger partial charge in [0.1, 0.15) is 0 Å². The Balaban J connectivity index is 2.16. The second kappa shape index (κ2) is 12.7. The zero-order valence-electron chi connectivity index (χ0n) is 14.6. The number of nitrogens with one attached hydrogen (secondary N) is 2. The van der Waals surface area contributed by atoms with Crippen LogP contribution >= 0.6 is 0 Å². The van der Waals surface area contributed by atoms with Gasteiger partial charge in [-0.05, 0) is 38.8 Å². The van der Waals surface area contributed by atoms with E-state index in [4.69, 9.17) is 14.5 Å². The van der Waals surface area contributed by atoms with E-state index < -0.39 is 0 Å². The van der Waals surface area contributed by atoms with Crippen molar-refractivity contribution in [2.24, 2.45) is 10.9 Å². The van der Waals surface area contributed by atoms with Gasteiger partial charge in [0.25, 0.3) is 0 Å². The van der Waals surface area contributed by atoms with E-state index in [1.165, 1.54) is 19.5 Å². The highest BCUT2D eigenvalue weighted by Gasteiger charge is 2.20. The molecular formula is C16H34N4O2. The molecule has 1 rings (SSSR count). The number of guanidine groups is 1. The Morgan fingerprint density at radius 2 is 2.09 bits per heavy atom. The Morgan fingerprint density at radius 3 is 2.77 bits per heavy atom. The molecule has 1 fully saturated rings. The normalized spacial score (nSPS) is 19.6. The van der Waals surface area contributed by atoms with Gasteiger partial charge < -0.3 is 25.0 Å². The SMILES string of the molecule is CCNC(=NCC1CCN(CC)C1)NCCCOCCOC. The average Bonchev–Trinajstić information content (AvgIpc) is 2.99. The molecule has 6 nitrogen and oxygen atoms in total. The molecule has 1 aliphatic heterocycles. The van der Waals surface area contributed by atoms with E-state index in [0.717, 1.165) is 45.2 Å². The number of likely N-dealkylation sites (tertiary alicyclic amines) is 1. The summed E-state index contributed by atoms with van der Waals surface area (Å²) in [5.74, 6) is 1.63. The molecular weight excluding hydrogens is 280 g/mol. The zero-order valence-corrected chi connectivity index (χ0v) is 14.6. The lowest BCUT2D eigenvalue weighted by atomic mass is 10.1. The largest absolute Gasteiger partial charge is 0.382 e. The molecule has 0 saturated carbocycles. The Hall–Kier alpha value is -0.850. The quantitative estimate of drug-likeness (QED) is 0.338. The highest BCUT2D eigenvalue weighted by Crippen LogP contribution is 2.15. The van der Waals surface area contributed by atoms with Crippen LogP contribution in [0.25, 0.3) is 0 Å². The maximum absolute atomic E-state index is 5.45. The maximum atomic E-state index is 5.45. The van der Waals surface area contributed by atoms with Crippen LogP contribution in [0, 0.1) is 5.92 Å². The molecule has 0 aromatic heterocycles. The molecule has 0 spiro atoms. The summed E-state index contributed by atoms with van der Waals surface area (Å²) in [6.07, 6.45) is 2.24. The van der Waals surface area contributed by atoms with Crippen molar-refractivity contribution in [3.63, 3.8) is 0 Å². The summed E-state index contributed by atoms with van der Waals surface area (Å²) in [6.45, 7) is 12.7. The van der Waals surface area contributed by atoms with Gasteiger partial charge >= 0.3 is 0 Å². The van der Waals surface area contributed by atoms with Crippen LogP contribution in [0.1, 0.15) is 26.7 Å². The minimum atomic E-state index is 0.660. The second-order valence-corrected chi connectivity index (χ2v) is 5.65. The molecule has 22 heavy (non-hydrogen) atoms. The van der Waals surface area contributed by atoms with Gasteiger partial charge in [-0.1, -0.05) is 6.92 Å². The van der Waals surface area contributed by atoms with Crippen LogP contribution in [0.3, 0.4) is 0 Å². The standard InChI is InChI=1S/C16H34N4O2/c1-4-17-16(18-8-6-10-22-12-11-21-3)19-13-15-7-9-20(5-2)14-15/h15H,4-14H2,1-3H3,(H2,17,18,19). The molecule has 1 unspecified atom stereocenters. The summed E-state index contributed by atoms with van der Waals surface area (Å²) in [5, 5.41) is 6.68. The molecule has 0 bridgehead atoms. The highest BCUT2D eigenvalue weighted by atomic mass is 16.5. The van der Waals surface area contributed by atoms with E-state index in [2.05, 4.69) is 29.4 Å². The molecule has 0 aromatic carbocycles. The monoisotopic (exact) mass is 314 g/mol. The molecule has 0 aromatic rings. The first-order valence-electron chi connectivity index (χ1n) is 8.61. The third-order valence-electron chi connectivity index (χ3n) is 3.86. The highest BCUT2D eigenvalue weighted by molar-refractivity contribution is 5.79. The lowest BCUT2D eigenvalue weighted by Crippen LogP contribution is -2.38. The molecule has 0 aliphatic carbocycles. The predicted octanol–water partition coefficient (Wildman–Crippen LogP) is 0.936. The molecule has 130 valence electrons. The Kier molecular flexibility index (Phi) is 11.1. The van der Waals surface area contributed by atoms with E-state index in [9.17, 15) is 0 Å². The summed E-state index contributed by atoms with van der Waals surface area (Å²) < 4.78 is 10.4. The predicted molar refractivity (Wildman–Crippen MR) is 91.5 cm³/mol. The van der Waals surface area contributed by atoms with Crippen LogP contribution in [0.5, 0.6) is 0 Å². The van der Waals surface area contributed by atoms with Crippen molar-refractivity contribution >= 4 is 5.96 Å². The first-order valence-corrected chi connectivity index (χ1v) is 8.61. The molecule has 0 radical (unpaired) electrons. The molecule has 1 saturated heterocycles. The number of ether oxygens (including phenoxy) is 2. The molecule has 1 heterocycles.